The van der Waals surface area contributed by atoms with Crippen molar-refractivity contribution in [1.29, 1.82) is 0 Å². The van der Waals surface area contributed by atoms with Gasteiger partial charge in [0.05, 0.1) is 16.8 Å². The Morgan fingerprint density at radius 2 is 2.00 bits per heavy atom. The van der Waals surface area contributed by atoms with E-state index >= 15 is 0 Å². The molecule has 1 aliphatic heterocycles. The van der Waals surface area contributed by atoms with E-state index in [4.69, 9.17) is 11.6 Å². The summed E-state index contributed by atoms with van der Waals surface area (Å²) in [6, 6.07) is 13.5. The van der Waals surface area contributed by atoms with E-state index in [1.165, 1.54) is 10.5 Å². The summed E-state index contributed by atoms with van der Waals surface area (Å²) in [7, 11) is 0. The molecular formula is C15H13ClFNS. The molecule has 0 saturated carbocycles. The van der Waals surface area contributed by atoms with Crippen molar-refractivity contribution in [2.24, 2.45) is 0 Å². The Balaban J connectivity index is 1.91. The van der Waals surface area contributed by atoms with Crippen LogP contribution in [0.25, 0.3) is 0 Å². The molecule has 1 heterocycles. The van der Waals surface area contributed by atoms with Crippen LogP contribution in [0, 0.1) is 5.82 Å². The molecule has 0 aromatic heterocycles. The van der Waals surface area contributed by atoms with Gasteiger partial charge < -0.3 is 5.32 Å². The average Bonchev–Trinajstić information content (AvgIpc) is 2.44. The summed E-state index contributed by atoms with van der Waals surface area (Å²) in [5, 5.41) is 3.43. The first-order valence-electron chi connectivity index (χ1n) is 6.18. The van der Waals surface area contributed by atoms with Gasteiger partial charge in [0.2, 0.25) is 0 Å². The van der Waals surface area contributed by atoms with Crippen LogP contribution in [-0.2, 0) is 0 Å². The van der Waals surface area contributed by atoms with E-state index in [0.29, 0.717) is 5.69 Å². The summed E-state index contributed by atoms with van der Waals surface area (Å²) in [5.74, 6) is 0.663. The fraction of sp³-hybridized carbons (Fsp3) is 0.200. The predicted octanol–water partition coefficient (Wildman–Crippen LogP) is 5.13. The Bertz CT molecular complexity index is 602. The second kappa shape index (κ2) is 5.43. The van der Waals surface area contributed by atoms with Crippen molar-refractivity contribution < 1.29 is 4.39 Å². The second-order valence-corrected chi connectivity index (χ2v) is 6.02. The highest BCUT2D eigenvalue weighted by atomic mass is 35.5. The first-order valence-corrected chi connectivity index (χ1v) is 7.54. The summed E-state index contributed by atoms with van der Waals surface area (Å²) in [5.41, 5.74) is 1.71. The number of thioether (sulfide) groups is 1. The van der Waals surface area contributed by atoms with Crippen LogP contribution in [0.3, 0.4) is 0 Å². The van der Waals surface area contributed by atoms with Gasteiger partial charge in [0.1, 0.15) is 0 Å². The summed E-state index contributed by atoms with van der Waals surface area (Å²) in [4.78, 5) is 1.27. The minimum absolute atomic E-state index is 0.144. The Labute approximate surface area is 121 Å². The molecule has 2 aromatic carbocycles. The Morgan fingerprint density at radius 3 is 2.89 bits per heavy atom. The molecule has 2 aromatic rings. The standard InChI is InChI=1S/C15H13ClFNS/c16-11-5-3-6-13(15(11)17)18-12-8-9-19-14-7-2-1-4-10(12)14/h1-7,12,18H,8-9H2. The molecule has 3 rings (SSSR count). The smallest absolute Gasteiger partial charge is 0.164 e. The molecule has 1 atom stereocenters. The minimum Gasteiger partial charge on any atom is -0.376 e. The maximum Gasteiger partial charge on any atom is 0.164 e. The largest absolute Gasteiger partial charge is 0.376 e. The van der Waals surface area contributed by atoms with Gasteiger partial charge in [-0.25, -0.2) is 4.39 Å². The fourth-order valence-electron chi connectivity index (χ4n) is 2.29. The lowest BCUT2D eigenvalue weighted by atomic mass is 10.0. The topological polar surface area (TPSA) is 12.0 Å². The van der Waals surface area contributed by atoms with Gasteiger partial charge in [-0.15, -0.1) is 11.8 Å². The summed E-state index contributed by atoms with van der Waals surface area (Å²) >= 11 is 7.66. The van der Waals surface area contributed by atoms with E-state index < -0.39 is 0 Å². The van der Waals surface area contributed by atoms with E-state index in [9.17, 15) is 4.39 Å². The lowest BCUT2D eigenvalue weighted by Crippen LogP contribution is -2.16. The van der Waals surface area contributed by atoms with Crippen molar-refractivity contribution >= 4 is 29.1 Å². The number of anilines is 1. The first kappa shape index (κ1) is 12.8. The molecule has 4 heteroatoms. The molecule has 0 amide bonds. The average molecular weight is 294 g/mol. The molecular weight excluding hydrogens is 281 g/mol. The molecule has 0 fully saturated rings. The monoisotopic (exact) mass is 293 g/mol. The molecule has 19 heavy (non-hydrogen) atoms. The van der Waals surface area contributed by atoms with Crippen LogP contribution in [0.5, 0.6) is 0 Å². The molecule has 0 bridgehead atoms. The Hall–Kier alpha value is -1.19. The third-order valence-electron chi connectivity index (χ3n) is 3.24. The molecule has 1 aliphatic rings. The SMILES string of the molecule is Fc1c(Cl)cccc1NC1CCSc2ccccc21. The lowest BCUT2D eigenvalue weighted by Gasteiger charge is -2.27. The van der Waals surface area contributed by atoms with Gasteiger partial charge in [0.25, 0.3) is 0 Å². The number of halogens is 2. The van der Waals surface area contributed by atoms with Gasteiger partial charge in [-0.3, -0.25) is 0 Å². The van der Waals surface area contributed by atoms with Gasteiger partial charge in [-0.2, -0.15) is 0 Å². The van der Waals surface area contributed by atoms with Gasteiger partial charge in [-0.05, 0) is 30.2 Å². The molecule has 0 saturated heterocycles. The second-order valence-electron chi connectivity index (χ2n) is 4.47. The zero-order chi connectivity index (χ0) is 13.2. The molecule has 0 aliphatic carbocycles. The summed E-state index contributed by atoms with van der Waals surface area (Å²) < 4.78 is 13.9. The lowest BCUT2D eigenvalue weighted by molar-refractivity contribution is 0.623. The van der Waals surface area contributed by atoms with Crippen LogP contribution in [-0.4, -0.2) is 5.75 Å². The number of hydrogen-bond donors (Lipinski definition) is 1. The first-order chi connectivity index (χ1) is 9.25. The van der Waals surface area contributed by atoms with Crippen molar-refractivity contribution in [1.82, 2.24) is 0 Å². The number of fused-ring (bicyclic) bond motifs is 1. The van der Waals surface area contributed by atoms with Gasteiger partial charge in [0.15, 0.2) is 5.82 Å². The van der Waals surface area contributed by atoms with E-state index in [1.807, 2.05) is 23.9 Å². The zero-order valence-electron chi connectivity index (χ0n) is 10.2. The number of benzene rings is 2. The van der Waals surface area contributed by atoms with Crippen LogP contribution in [0.15, 0.2) is 47.4 Å². The summed E-state index contributed by atoms with van der Waals surface area (Å²) in [6.45, 7) is 0. The third kappa shape index (κ3) is 2.58. The quantitative estimate of drug-likeness (QED) is 0.824. The highest BCUT2D eigenvalue weighted by Gasteiger charge is 2.21. The molecule has 1 nitrogen and oxygen atoms in total. The van der Waals surface area contributed by atoms with E-state index in [-0.39, 0.29) is 16.9 Å². The van der Waals surface area contributed by atoms with Crippen LogP contribution < -0.4 is 5.32 Å². The van der Waals surface area contributed by atoms with Gasteiger partial charge in [0, 0.05) is 10.6 Å². The number of rotatable bonds is 2. The molecule has 1 N–H and O–H groups in total. The van der Waals surface area contributed by atoms with Crippen molar-refractivity contribution in [2.75, 3.05) is 11.1 Å². The van der Waals surface area contributed by atoms with Crippen molar-refractivity contribution in [3.63, 3.8) is 0 Å². The highest BCUT2D eigenvalue weighted by molar-refractivity contribution is 7.99. The fourth-order valence-corrected chi connectivity index (χ4v) is 3.59. The van der Waals surface area contributed by atoms with Crippen molar-refractivity contribution in [2.45, 2.75) is 17.4 Å². The zero-order valence-corrected chi connectivity index (χ0v) is 11.8. The van der Waals surface area contributed by atoms with E-state index in [2.05, 4.69) is 17.4 Å². The highest BCUT2D eigenvalue weighted by Crippen LogP contribution is 2.38. The van der Waals surface area contributed by atoms with E-state index in [1.54, 1.807) is 18.2 Å². The van der Waals surface area contributed by atoms with Crippen LogP contribution in [0.4, 0.5) is 10.1 Å². The van der Waals surface area contributed by atoms with Crippen molar-refractivity contribution in [3.8, 4) is 0 Å². The molecule has 98 valence electrons. The maximum absolute atomic E-state index is 13.9. The summed E-state index contributed by atoms with van der Waals surface area (Å²) in [6.07, 6.45) is 0.980. The maximum atomic E-state index is 13.9. The van der Waals surface area contributed by atoms with Crippen LogP contribution in [0.1, 0.15) is 18.0 Å². The van der Waals surface area contributed by atoms with Crippen molar-refractivity contribution in [3.05, 3.63) is 58.9 Å². The number of nitrogens with one attached hydrogen (secondary N) is 1. The van der Waals surface area contributed by atoms with Crippen LogP contribution in [0.2, 0.25) is 5.02 Å². The normalized spacial score (nSPS) is 17.9. The van der Waals surface area contributed by atoms with Gasteiger partial charge in [-0.1, -0.05) is 35.9 Å². The molecule has 1 unspecified atom stereocenters. The predicted molar refractivity (Wildman–Crippen MR) is 79.6 cm³/mol. The third-order valence-corrected chi connectivity index (χ3v) is 4.65. The Morgan fingerprint density at radius 1 is 1.16 bits per heavy atom. The Kier molecular flexibility index (Phi) is 3.67. The van der Waals surface area contributed by atoms with Gasteiger partial charge >= 0.3 is 0 Å². The van der Waals surface area contributed by atoms with Crippen LogP contribution >= 0.6 is 23.4 Å². The molecule has 0 radical (unpaired) electrons. The minimum atomic E-state index is -0.375. The molecule has 0 spiro atoms. The number of hydrogen-bond acceptors (Lipinski definition) is 2. The van der Waals surface area contributed by atoms with E-state index in [0.717, 1.165) is 12.2 Å².